The molecule has 0 radical (unpaired) electrons. The molecule has 1 aromatic rings. The number of hydrogen-bond acceptors (Lipinski definition) is 11. The first-order valence-electron chi connectivity index (χ1n) is 27.7. The van der Waals surface area contributed by atoms with Crippen molar-refractivity contribution < 1.29 is 40.1 Å². The number of aliphatic hydroxyl groups excluding tert-OH is 6. The van der Waals surface area contributed by atoms with Gasteiger partial charge in [0.1, 0.15) is 24.4 Å². The van der Waals surface area contributed by atoms with Gasteiger partial charge in [0.15, 0.2) is 12.6 Å². The maximum absolute atomic E-state index is 10.3. The molecule has 1 aliphatic rings. The summed E-state index contributed by atoms with van der Waals surface area (Å²) in [6, 6.07) is -0.957. The molecule has 0 aromatic carbocycles. The quantitative estimate of drug-likeness (QED) is 0.0210. The number of hydrogen-bond donors (Lipinski definition) is 6. The SMILES string of the molecule is CC.CC.CCCCC/C=C\C/C=C\CCCCCCCCOC(O)CCCCCCC/C=C\C/C=C\CCCCC.CN(CCCCCCO)Cc1cn(C2C(O)C(O)OC(CO)C2O)nn1. The van der Waals surface area contributed by atoms with E-state index in [4.69, 9.17) is 14.6 Å². The zero-order chi connectivity index (χ0) is 50.7. The van der Waals surface area contributed by atoms with E-state index in [0.717, 1.165) is 64.3 Å². The molecule has 0 bridgehead atoms. The van der Waals surface area contributed by atoms with E-state index in [2.05, 4.69) is 77.7 Å². The van der Waals surface area contributed by atoms with Gasteiger partial charge < -0.3 is 45.0 Å². The third-order valence-electron chi connectivity index (χ3n) is 11.7. The molecule has 12 nitrogen and oxygen atoms in total. The Morgan fingerprint density at radius 3 is 1.62 bits per heavy atom. The average molecular weight is 965 g/mol. The number of nitrogens with zero attached hydrogens (tertiary/aromatic N) is 4. The van der Waals surface area contributed by atoms with Crippen molar-refractivity contribution in [3.63, 3.8) is 0 Å². The minimum absolute atomic E-state index is 0.231. The van der Waals surface area contributed by atoms with Crippen LogP contribution in [0.4, 0.5) is 0 Å². The lowest BCUT2D eigenvalue weighted by Crippen LogP contribution is -2.55. The number of rotatable bonds is 40. The van der Waals surface area contributed by atoms with Crippen LogP contribution in [0.15, 0.2) is 54.8 Å². The van der Waals surface area contributed by atoms with E-state index in [0.29, 0.717) is 18.8 Å². The first-order valence-corrected chi connectivity index (χ1v) is 27.7. The maximum Gasteiger partial charge on any atom is 0.183 e. The van der Waals surface area contributed by atoms with Gasteiger partial charge >= 0.3 is 0 Å². The molecular formula is C56H108N4O8. The van der Waals surface area contributed by atoms with E-state index in [9.17, 15) is 25.5 Å². The molecule has 1 aromatic heterocycles. The van der Waals surface area contributed by atoms with Crippen LogP contribution in [0.1, 0.15) is 233 Å². The molecule has 0 aliphatic carbocycles. The van der Waals surface area contributed by atoms with Crippen LogP contribution in [-0.2, 0) is 16.0 Å². The fraction of sp³-hybridized carbons (Fsp3) is 0.821. The minimum atomic E-state index is -1.52. The molecule has 0 saturated carbocycles. The summed E-state index contributed by atoms with van der Waals surface area (Å²) in [5, 5.41) is 66.2. The van der Waals surface area contributed by atoms with Crippen molar-refractivity contribution in [1.29, 1.82) is 0 Å². The second-order valence-electron chi connectivity index (χ2n) is 17.7. The molecule has 6 atom stereocenters. The molecule has 1 saturated heterocycles. The number of aliphatic hydroxyl groups is 6. The maximum atomic E-state index is 10.3. The van der Waals surface area contributed by atoms with Gasteiger partial charge in [-0.05, 0) is 110 Å². The predicted octanol–water partition coefficient (Wildman–Crippen LogP) is 12.2. The summed E-state index contributed by atoms with van der Waals surface area (Å²) < 4.78 is 11.9. The average Bonchev–Trinajstić information content (AvgIpc) is 3.81. The van der Waals surface area contributed by atoms with Gasteiger partial charge in [0, 0.05) is 19.8 Å². The van der Waals surface area contributed by atoms with E-state index >= 15 is 0 Å². The first-order chi connectivity index (χ1) is 33.3. The lowest BCUT2D eigenvalue weighted by Gasteiger charge is -2.39. The number of unbranched alkanes of at least 4 members (excludes halogenated alkanes) is 20. The standard InChI is InChI=1S/C36H66O2.C16H30N4O6.2C2H6/c1-3-5-7-9-11-13-15-17-19-21-23-25-27-29-31-33-35-38-36(37)34-32-30-28-26-24-22-20-18-16-14-12-10-8-6-4-2;1-19(6-4-2-3-5-7-21)8-11-9-20(18-17-11)13-14(23)12(10-22)26-16(25)15(13)24;2*1-2/h11-14,17-20,36-37H,3-10,15-16,21-35H2,1-2H3;9,12-16,21-25H,2-8,10H2,1H3;2*1-2H3/b13-11-,14-12-,19-17-,20-18-;;;. The highest BCUT2D eigenvalue weighted by Crippen LogP contribution is 2.29. The van der Waals surface area contributed by atoms with Gasteiger partial charge in [-0.25, -0.2) is 4.68 Å². The van der Waals surface area contributed by atoms with Crippen LogP contribution in [0.5, 0.6) is 0 Å². The van der Waals surface area contributed by atoms with Crippen molar-refractivity contribution in [2.45, 2.75) is 265 Å². The van der Waals surface area contributed by atoms with Gasteiger partial charge in [-0.3, -0.25) is 0 Å². The Morgan fingerprint density at radius 1 is 0.632 bits per heavy atom. The largest absolute Gasteiger partial charge is 0.396 e. The van der Waals surface area contributed by atoms with Gasteiger partial charge in [0.05, 0.1) is 18.5 Å². The van der Waals surface area contributed by atoms with Crippen LogP contribution >= 0.6 is 0 Å². The second-order valence-corrected chi connectivity index (χ2v) is 17.7. The predicted molar refractivity (Wildman–Crippen MR) is 284 cm³/mol. The van der Waals surface area contributed by atoms with Crippen molar-refractivity contribution in [3.05, 3.63) is 60.5 Å². The molecule has 400 valence electrons. The molecule has 1 aliphatic heterocycles. The molecule has 2 heterocycles. The molecular weight excluding hydrogens is 857 g/mol. The number of aromatic nitrogens is 3. The summed E-state index contributed by atoms with van der Waals surface area (Å²) in [7, 11) is 1.97. The molecule has 12 heteroatoms. The second kappa shape index (κ2) is 52.6. The Morgan fingerprint density at radius 2 is 1.10 bits per heavy atom. The normalized spacial score (nSPS) is 18.8. The summed E-state index contributed by atoms with van der Waals surface area (Å²) in [6.07, 6.45) is 47.9. The van der Waals surface area contributed by atoms with Gasteiger partial charge in [-0.15, -0.1) is 5.10 Å². The Labute approximate surface area is 417 Å². The molecule has 6 N–H and O–H groups in total. The van der Waals surface area contributed by atoms with Crippen molar-refractivity contribution in [2.75, 3.05) is 33.4 Å². The van der Waals surface area contributed by atoms with Gasteiger partial charge in [-0.2, -0.15) is 0 Å². The summed E-state index contributed by atoms with van der Waals surface area (Å²) in [5.74, 6) is 0. The van der Waals surface area contributed by atoms with E-state index in [-0.39, 0.29) is 6.61 Å². The Kier molecular flexibility index (Phi) is 52.4. The lowest BCUT2D eigenvalue weighted by atomic mass is 9.96. The van der Waals surface area contributed by atoms with Crippen LogP contribution in [0.25, 0.3) is 0 Å². The summed E-state index contributed by atoms with van der Waals surface area (Å²) in [6.45, 7) is 14.4. The van der Waals surface area contributed by atoms with Gasteiger partial charge in [0.2, 0.25) is 0 Å². The van der Waals surface area contributed by atoms with Crippen LogP contribution in [0.3, 0.4) is 0 Å². The fourth-order valence-electron chi connectivity index (χ4n) is 7.65. The molecule has 0 amide bonds. The van der Waals surface area contributed by atoms with Crippen LogP contribution in [0, 0.1) is 0 Å². The molecule has 2 rings (SSSR count). The summed E-state index contributed by atoms with van der Waals surface area (Å²) >= 11 is 0. The van der Waals surface area contributed by atoms with Gasteiger partial charge in [0.25, 0.3) is 0 Å². The molecule has 68 heavy (non-hydrogen) atoms. The monoisotopic (exact) mass is 965 g/mol. The van der Waals surface area contributed by atoms with Crippen molar-refractivity contribution in [2.24, 2.45) is 0 Å². The smallest absolute Gasteiger partial charge is 0.183 e. The third-order valence-corrected chi connectivity index (χ3v) is 11.7. The van der Waals surface area contributed by atoms with Crippen LogP contribution < -0.4 is 0 Å². The van der Waals surface area contributed by atoms with E-state index in [1.807, 2.05) is 34.7 Å². The zero-order valence-corrected chi connectivity index (χ0v) is 44.8. The number of ether oxygens (including phenoxy) is 2. The van der Waals surface area contributed by atoms with Crippen LogP contribution in [0.2, 0.25) is 0 Å². The van der Waals surface area contributed by atoms with Crippen molar-refractivity contribution >= 4 is 0 Å². The topological polar surface area (TPSA) is 174 Å². The van der Waals surface area contributed by atoms with E-state index in [1.54, 1.807) is 6.20 Å². The van der Waals surface area contributed by atoms with E-state index in [1.165, 1.54) is 127 Å². The lowest BCUT2D eigenvalue weighted by molar-refractivity contribution is -0.270. The van der Waals surface area contributed by atoms with Crippen LogP contribution in [-0.4, -0.2) is 115 Å². The fourth-order valence-corrected chi connectivity index (χ4v) is 7.65. The summed E-state index contributed by atoms with van der Waals surface area (Å²) in [4.78, 5) is 2.09. The van der Waals surface area contributed by atoms with E-state index < -0.39 is 43.5 Å². The molecule has 6 unspecified atom stereocenters. The molecule has 1 fully saturated rings. The van der Waals surface area contributed by atoms with Gasteiger partial charge in [-0.1, -0.05) is 179 Å². The molecule has 0 spiro atoms. The minimum Gasteiger partial charge on any atom is -0.396 e. The highest BCUT2D eigenvalue weighted by Gasteiger charge is 2.45. The number of allylic oxidation sites excluding steroid dienone is 8. The summed E-state index contributed by atoms with van der Waals surface area (Å²) in [5.41, 5.74) is 0.670. The highest BCUT2D eigenvalue weighted by atomic mass is 16.6. The first kappa shape index (κ1) is 67.8. The zero-order valence-electron chi connectivity index (χ0n) is 44.8. The Balaban J connectivity index is 0. The van der Waals surface area contributed by atoms with Crippen molar-refractivity contribution in [1.82, 2.24) is 19.9 Å². The Bertz CT molecular complexity index is 1280. The highest BCUT2D eigenvalue weighted by molar-refractivity contribution is 4.99. The Hall–Kier alpha value is -2.26. The van der Waals surface area contributed by atoms with Crippen molar-refractivity contribution in [3.8, 4) is 0 Å². The third kappa shape index (κ3) is 39.5.